The lowest BCUT2D eigenvalue weighted by molar-refractivity contribution is 0.875. The van der Waals surface area contributed by atoms with E-state index in [-0.39, 0.29) is 5.56 Å². The van der Waals surface area contributed by atoms with Crippen molar-refractivity contribution in [3.8, 4) is 22.9 Å². The molecule has 0 aliphatic carbocycles. The molecule has 0 aliphatic heterocycles. The molecule has 2 heterocycles. The summed E-state index contributed by atoms with van der Waals surface area (Å²) in [7, 11) is 0. The van der Waals surface area contributed by atoms with Crippen molar-refractivity contribution in [1.82, 2.24) is 14.8 Å². The lowest BCUT2D eigenvalue weighted by atomic mass is 9.98. The summed E-state index contributed by atoms with van der Waals surface area (Å²) in [6.45, 7) is 1.88. The first kappa shape index (κ1) is 14.9. The summed E-state index contributed by atoms with van der Waals surface area (Å²) in [5.74, 6) is 0. The summed E-state index contributed by atoms with van der Waals surface area (Å²) in [6, 6.07) is 21.1. The smallest absolute Gasteiger partial charge is 0.268 e. The SMILES string of the molecule is Cc1nn(-c2ccccc2)c2[nH]c(=O)c(C#N)c(-c3ccccc3)c12. The third-order valence-electron chi connectivity index (χ3n) is 4.19. The van der Waals surface area contributed by atoms with Crippen LogP contribution in [0.15, 0.2) is 65.5 Å². The summed E-state index contributed by atoms with van der Waals surface area (Å²) in [5.41, 5.74) is 3.34. The van der Waals surface area contributed by atoms with Crippen LogP contribution in [0.1, 0.15) is 11.3 Å². The summed E-state index contributed by atoms with van der Waals surface area (Å²) >= 11 is 0. The Morgan fingerprint density at radius 2 is 1.68 bits per heavy atom. The number of aromatic nitrogens is 3. The third kappa shape index (κ3) is 2.32. The second-order valence-corrected chi connectivity index (χ2v) is 5.74. The highest BCUT2D eigenvalue weighted by atomic mass is 16.1. The van der Waals surface area contributed by atoms with Gasteiger partial charge in [-0.1, -0.05) is 48.5 Å². The number of aryl methyl sites for hydroxylation is 1. The van der Waals surface area contributed by atoms with Crippen LogP contribution in [-0.2, 0) is 0 Å². The zero-order valence-electron chi connectivity index (χ0n) is 13.5. The number of benzene rings is 2. The first-order chi connectivity index (χ1) is 12.2. The maximum Gasteiger partial charge on any atom is 0.268 e. The number of H-pyrrole nitrogens is 1. The van der Waals surface area contributed by atoms with E-state index in [1.807, 2.05) is 73.7 Å². The van der Waals surface area contributed by atoms with Crippen molar-refractivity contribution in [2.75, 3.05) is 0 Å². The van der Waals surface area contributed by atoms with Crippen LogP contribution in [-0.4, -0.2) is 14.8 Å². The molecule has 5 nitrogen and oxygen atoms in total. The molecule has 0 fully saturated rings. The number of hydrogen-bond donors (Lipinski definition) is 1. The van der Waals surface area contributed by atoms with E-state index in [0.29, 0.717) is 11.2 Å². The highest BCUT2D eigenvalue weighted by Crippen LogP contribution is 2.32. The van der Waals surface area contributed by atoms with Crippen molar-refractivity contribution in [3.63, 3.8) is 0 Å². The standard InChI is InChI=1S/C20H14N4O/c1-13-17-18(14-8-4-2-5-9-14)16(12-21)20(25)22-19(17)24(23-13)15-10-6-3-7-11-15/h2-11H,1H3,(H,22,25). The lowest BCUT2D eigenvalue weighted by Gasteiger charge is -2.08. The van der Waals surface area contributed by atoms with E-state index in [0.717, 1.165) is 22.3 Å². The normalized spacial score (nSPS) is 10.7. The van der Waals surface area contributed by atoms with Gasteiger partial charge >= 0.3 is 0 Å². The molecule has 120 valence electrons. The van der Waals surface area contributed by atoms with Crippen molar-refractivity contribution < 1.29 is 0 Å². The molecule has 0 atom stereocenters. The molecule has 0 spiro atoms. The van der Waals surface area contributed by atoms with Crippen molar-refractivity contribution in [1.29, 1.82) is 5.26 Å². The molecule has 2 aromatic carbocycles. The van der Waals surface area contributed by atoms with Gasteiger partial charge in [-0.2, -0.15) is 10.4 Å². The summed E-state index contributed by atoms with van der Waals surface area (Å²) in [5, 5.41) is 14.9. The van der Waals surface area contributed by atoms with E-state index < -0.39 is 5.56 Å². The molecule has 4 rings (SSSR count). The summed E-state index contributed by atoms with van der Waals surface area (Å²) in [6.07, 6.45) is 0. The zero-order valence-corrected chi connectivity index (χ0v) is 13.5. The molecular weight excluding hydrogens is 312 g/mol. The number of rotatable bonds is 2. The largest absolute Gasteiger partial charge is 0.305 e. The van der Waals surface area contributed by atoms with Crippen molar-refractivity contribution >= 4 is 11.0 Å². The predicted octanol–water partition coefficient (Wildman–Crippen LogP) is 3.56. The molecule has 0 bridgehead atoms. The molecule has 0 saturated carbocycles. The topological polar surface area (TPSA) is 74.5 Å². The van der Waals surface area contributed by atoms with Gasteiger partial charge in [0.2, 0.25) is 0 Å². The molecule has 0 radical (unpaired) electrons. The third-order valence-corrected chi connectivity index (χ3v) is 4.19. The lowest BCUT2D eigenvalue weighted by Crippen LogP contribution is -2.13. The Balaban J connectivity index is 2.16. The van der Waals surface area contributed by atoms with Gasteiger partial charge < -0.3 is 4.98 Å². The monoisotopic (exact) mass is 326 g/mol. The van der Waals surface area contributed by atoms with Gasteiger partial charge in [0, 0.05) is 10.9 Å². The fourth-order valence-electron chi connectivity index (χ4n) is 3.11. The maximum atomic E-state index is 12.5. The average Bonchev–Trinajstić information content (AvgIpc) is 2.98. The number of nitriles is 1. The Hall–Kier alpha value is -3.65. The molecule has 0 unspecified atom stereocenters. The van der Waals surface area contributed by atoms with Gasteiger partial charge in [0.1, 0.15) is 17.3 Å². The minimum absolute atomic E-state index is 0.106. The number of para-hydroxylation sites is 1. The molecule has 0 amide bonds. The average molecular weight is 326 g/mol. The highest BCUT2D eigenvalue weighted by molar-refractivity contribution is 5.98. The first-order valence-corrected chi connectivity index (χ1v) is 7.87. The fourth-order valence-corrected chi connectivity index (χ4v) is 3.11. The van der Waals surface area contributed by atoms with Crippen molar-refractivity contribution in [2.24, 2.45) is 0 Å². The van der Waals surface area contributed by atoms with Gasteiger partial charge in [-0.05, 0) is 24.6 Å². The summed E-state index contributed by atoms with van der Waals surface area (Å²) < 4.78 is 1.71. The molecule has 25 heavy (non-hydrogen) atoms. The molecule has 4 aromatic rings. The van der Waals surface area contributed by atoms with Crippen LogP contribution in [0.5, 0.6) is 0 Å². The Bertz CT molecular complexity index is 1170. The Kier molecular flexibility index (Phi) is 3.44. The van der Waals surface area contributed by atoms with Gasteiger partial charge in [0.25, 0.3) is 5.56 Å². The second-order valence-electron chi connectivity index (χ2n) is 5.74. The van der Waals surface area contributed by atoms with E-state index in [4.69, 9.17) is 0 Å². The van der Waals surface area contributed by atoms with E-state index >= 15 is 0 Å². The second kappa shape index (κ2) is 5.77. The van der Waals surface area contributed by atoms with Gasteiger partial charge in [-0.25, -0.2) is 4.68 Å². The van der Waals surface area contributed by atoms with Crippen LogP contribution in [0.25, 0.3) is 27.8 Å². The molecule has 0 saturated heterocycles. The number of aromatic amines is 1. The molecule has 5 heteroatoms. The quantitative estimate of drug-likeness (QED) is 0.612. The maximum absolute atomic E-state index is 12.5. The van der Waals surface area contributed by atoms with Crippen LogP contribution < -0.4 is 5.56 Å². The van der Waals surface area contributed by atoms with Gasteiger partial charge in [0.15, 0.2) is 0 Å². The van der Waals surface area contributed by atoms with Gasteiger partial charge in [-0.3, -0.25) is 4.79 Å². The van der Waals surface area contributed by atoms with E-state index in [2.05, 4.69) is 10.1 Å². The predicted molar refractivity (Wildman–Crippen MR) is 96.6 cm³/mol. The first-order valence-electron chi connectivity index (χ1n) is 7.87. The molecule has 0 aliphatic rings. The number of pyridine rings is 1. The van der Waals surface area contributed by atoms with E-state index in [9.17, 15) is 10.1 Å². The van der Waals surface area contributed by atoms with Crippen LogP contribution in [0, 0.1) is 18.3 Å². The van der Waals surface area contributed by atoms with Crippen LogP contribution in [0.3, 0.4) is 0 Å². The highest BCUT2D eigenvalue weighted by Gasteiger charge is 2.20. The number of fused-ring (bicyclic) bond motifs is 1. The van der Waals surface area contributed by atoms with Crippen LogP contribution in [0.4, 0.5) is 0 Å². The fraction of sp³-hybridized carbons (Fsp3) is 0.0500. The van der Waals surface area contributed by atoms with Crippen LogP contribution >= 0.6 is 0 Å². The number of nitrogens with zero attached hydrogens (tertiary/aromatic N) is 3. The minimum Gasteiger partial charge on any atom is -0.305 e. The molecular formula is C20H14N4O. The molecule has 2 aromatic heterocycles. The molecule has 1 N–H and O–H groups in total. The zero-order chi connectivity index (χ0) is 17.4. The minimum atomic E-state index is -0.411. The van der Waals surface area contributed by atoms with Gasteiger partial charge in [0.05, 0.1) is 11.4 Å². The van der Waals surface area contributed by atoms with Gasteiger partial charge in [-0.15, -0.1) is 0 Å². The number of nitrogens with one attached hydrogen (secondary N) is 1. The summed E-state index contributed by atoms with van der Waals surface area (Å²) in [4.78, 5) is 15.4. The van der Waals surface area contributed by atoms with Crippen molar-refractivity contribution in [2.45, 2.75) is 6.92 Å². The van der Waals surface area contributed by atoms with E-state index in [1.165, 1.54) is 0 Å². The van der Waals surface area contributed by atoms with Crippen LogP contribution in [0.2, 0.25) is 0 Å². The Morgan fingerprint density at radius 1 is 1.04 bits per heavy atom. The Labute approximate surface area is 143 Å². The van der Waals surface area contributed by atoms with Crippen molar-refractivity contribution in [3.05, 3.63) is 82.3 Å². The number of hydrogen-bond acceptors (Lipinski definition) is 3. The Morgan fingerprint density at radius 3 is 2.32 bits per heavy atom. The van der Waals surface area contributed by atoms with E-state index in [1.54, 1.807) is 4.68 Å².